The third-order valence-electron chi connectivity index (χ3n) is 3.17. The first-order valence-electron chi connectivity index (χ1n) is 7.43. The Kier molecular flexibility index (Phi) is 10.0. The molecule has 3 aromatic rings. The first-order chi connectivity index (χ1) is 11.9. The third-order valence-corrected chi connectivity index (χ3v) is 5.62. The zero-order chi connectivity index (χ0) is 17.0. The normalized spacial score (nSPS) is 8.76. The Hall–Kier alpha value is -2.32. The second-order valence-corrected chi connectivity index (χ2v) is 6.96. The van der Waals surface area contributed by atoms with E-state index in [4.69, 9.17) is 10.5 Å². The summed E-state index contributed by atoms with van der Waals surface area (Å²) in [5.74, 6) is 0. The van der Waals surface area contributed by atoms with Gasteiger partial charge in [0.25, 0.3) is 0 Å². The van der Waals surface area contributed by atoms with Gasteiger partial charge in [-0.05, 0) is 23.8 Å². The number of nitrogens with zero attached hydrogens (tertiary/aromatic N) is 2. The summed E-state index contributed by atoms with van der Waals surface area (Å²) in [7, 11) is -0.446. The largest absolute Gasteiger partial charge is 1.00 e. The minimum absolute atomic E-state index is 0. The molecular formula is C21H16AuN2P. The zero-order valence-corrected chi connectivity index (χ0v) is 16.4. The Balaban J connectivity index is 0.000000462. The molecule has 0 heterocycles. The van der Waals surface area contributed by atoms with Crippen LogP contribution in [0.3, 0.4) is 0 Å². The number of benzene rings is 3. The van der Waals surface area contributed by atoms with Crippen molar-refractivity contribution in [1.82, 2.24) is 0 Å². The van der Waals surface area contributed by atoms with Crippen LogP contribution >= 0.6 is 7.92 Å². The van der Waals surface area contributed by atoms with E-state index in [2.05, 4.69) is 91.0 Å². The van der Waals surface area contributed by atoms with Gasteiger partial charge in [0.2, 0.25) is 0 Å². The van der Waals surface area contributed by atoms with Gasteiger partial charge in [-0.2, -0.15) is 6.42 Å². The quantitative estimate of drug-likeness (QED) is 0.298. The molecule has 0 aliphatic carbocycles. The van der Waals surface area contributed by atoms with Gasteiger partial charge in [0.1, 0.15) is 0 Å². The van der Waals surface area contributed by atoms with Gasteiger partial charge in [-0.15, -0.1) is 0 Å². The molecule has 25 heavy (non-hydrogen) atoms. The molecule has 0 saturated heterocycles. The number of rotatable bonds is 3. The number of hydrogen-bond donors (Lipinski definition) is 0. The summed E-state index contributed by atoms with van der Waals surface area (Å²) in [6, 6.07) is 35.4. The van der Waals surface area contributed by atoms with Crippen molar-refractivity contribution in [2.75, 3.05) is 0 Å². The fourth-order valence-corrected chi connectivity index (χ4v) is 4.51. The van der Waals surface area contributed by atoms with Crippen LogP contribution in [0.15, 0.2) is 91.0 Å². The summed E-state index contributed by atoms with van der Waals surface area (Å²) in [4.78, 5) is 0. The minimum Gasteiger partial charge on any atom is -0.233 e. The molecule has 2 nitrogen and oxygen atoms in total. The Morgan fingerprint density at radius 2 is 0.840 bits per heavy atom. The molecular weight excluding hydrogens is 508 g/mol. The Labute approximate surface area is 166 Å². The molecule has 0 aliphatic heterocycles. The molecule has 0 aromatic heterocycles. The first-order valence-corrected chi connectivity index (χ1v) is 8.77. The molecule has 0 radical (unpaired) electrons. The van der Waals surface area contributed by atoms with Crippen LogP contribution in [0.1, 0.15) is 0 Å². The van der Waals surface area contributed by atoms with Crippen LogP contribution in [0.4, 0.5) is 0 Å². The Morgan fingerprint density at radius 3 is 1.04 bits per heavy atom. The van der Waals surface area contributed by atoms with E-state index in [0.29, 0.717) is 0 Å². The van der Waals surface area contributed by atoms with Gasteiger partial charge in [0, 0.05) is 0 Å². The van der Waals surface area contributed by atoms with E-state index < -0.39 is 7.92 Å². The maximum atomic E-state index is 7.54. The first kappa shape index (κ1) is 20.7. The molecule has 0 N–H and O–H groups in total. The van der Waals surface area contributed by atoms with Crippen LogP contribution in [0, 0.1) is 29.1 Å². The van der Waals surface area contributed by atoms with Gasteiger partial charge in [0.15, 0.2) is 0 Å². The molecule has 0 unspecified atom stereocenters. The third kappa shape index (κ3) is 6.60. The summed E-state index contributed by atoms with van der Waals surface area (Å²) in [5.41, 5.74) is 0. The van der Waals surface area contributed by atoms with Crippen molar-refractivity contribution in [3.05, 3.63) is 97.4 Å². The van der Waals surface area contributed by atoms with Crippen LogP contribution in [0.2, 0.25) is 0 Å². The van der Waals surface area contributed by atoms with Crippen LogP contribution in [-0.2, 0) is 22.4 Å². The second kappa shape index (κ2) is 12.1. The molecule has 3 aromatic carbocycles. The average Bonchev–Trinajstić information content (AvgIpc) is 2.66. The van der Waals surface area contributed by atoms with Gasteiger partial charge in [-0.1, -0.05) is 103 Å². The van der Waals surface area contributed by atoms with Gasteiger partial charge < -0.3 is 0 Å². The predicted octanol–water partition coefficient (Wildman–Crippen LogP) is 3.68. The number of nitriles is 2. The fourth-order valence-electron chi connectivity index (χ4n) is 2.21. The summed E-state index contributed by atoms with van der Waals surface area (Å²) in [6.45, 7) is 0. The van der Waals surface area contributed by atoms with Gasteiger partial charge >= 0.3 is 22.4 Å². The van der Waals surface area contributed by atoms with Crippen LogP contribution in [-0.4, -0.2) is 0 Å². The van der Waals surface area contributed by atoms with Crippen molar-refractivity contribution in [3.63, 3.8) is 0 Å². The SMILES string of the molecule is N#C[CH-]C#N.[Au+].c1ccc(P(c2ccccc2)c2ccccc2)cc1. The molecule has 4 heteroatoms. The molecule has 0 bridgehead atoms. The van der Waals surface area contributed by atoms with E-state index >= 15 is 0 Å². The predicted molar refractivity (Wildman–Crippen MR) is 101 cm³/mol. The van der Waals surface area contributed by atoms with Crippen molar-refractivity contribution in [3.8, 4) is 12.1 Å². The van der Waals surface area contributed by atoms with Gasteiger partial charge in [-0.25, -0.2) is 10.5 Å². The van der Waals surface area contributed by atoms with Crippen molar-refractivity contribution in [1.29, 1.82) is 10.5 Å². The molecule has 3 rings (SSSR count). The molecule has 0 amide bonds. The van der Waals surface area contributed by atoms with Crippen molar-refractivity contribution < 1.29 is 22.4 Å². The molecule has 0 aliphatic rings. The average molecular weight is 524 g/mol. The van der Waals surface area contributed by atoms with E-state index in [9.17, 15) is 0 Å². The summed E-state index contributed by atoms with van der Waals surface area (Å²) in [5, 5.41) is 19.3. The summed E-state index contributed by atoms with van der Waals surface area (Å²) in [6.07, 6.45) is 0.861. The van der Waals surface area contributed by atoms with E-state index in [0.717, 1.165) is 6.42 Å². The van der Waals surface area contributed by atoms with E-state index in [1.54, 1.807) is 0 Å². The van der Waals surface area contributed by atoms with Crippen molar-refractivity contribution >= 4 is 23.8 Å². The van der Waals surface area contributed by atoms with E-state index in [-0.39, 0.29) is 22.4 Å². The standard InChI is InChI=1S/C18H15P.C3HN2.Au/c1-4-10-16(11-5-1)19(17-12-6-2-7-13-17)18-14-8-3-9-15-18;4-2-1-3-5;/h1-15H;1H;/q;-1;+1. The van der Waals surface area contributed by atoms with Crippen LogP contribution < -0.4 is 15.9 Å². The summed E-state index contributed by atoms with van der Waals surface area (Å²) >= 11 is 0. The Bertz CT molecular complexity index is 703. The number of hydrogen-bond acceptors (Lipinski definition) is 2. The van der Waals surface area contributed by atoms with Crippen LogP contribution in [0.5, 0.6) is 0 Å². The molecule has 0 atom stereocenters. The van der Waals surface area contributed by atoms with E-state index in [1.807, 2.05) is 0 Å². The molecule has 0 fully saturated rings. The maximum Gasteiger partial charge on any atom is 1.00 e. The molecule has 0 spiro atoms. The molecule has 126 valence electrons. The smallest absolute Gasteiger partial charge is 0.233 e. The topological polar surface area (TPSA) is 47.6 Å². The maximum absolute atomic E-state index is 7.54. The van der Waals surface area contributed by atoms with Crippen molar-refractivity contribution in [2.24, 2.45) is 0 Å². The summed E-state index contributed by atoms with van der Waals surface area (Å²) < 4.78 is 0. The van der Waals surface area contributed by atoms with Crippen LogP contribution in [0.25, 0.3) is 0 Å². The Morgan fingerprint density at radius 1 is 0.560 bits per heavy atom. The second-order valence-electron chi connectivity index (χ2n) is 4.74. The monoisotopic (exact) mass is 524 g/mol. The molecule has 0 saturated carbocycles. The van der Waals surface area contributed by atoms with E-state index in [1.165, 1.54) is 28.1 Å². The van der Waals surface area contributed by atoms with Gasteiger partial charge in [-0.3, -0.25) is 0 Å². The zero-order valence-electron chi connectivity index (χ0n) is 13.4. The van der Waals surface area contributed by atoms with Crippen molar-refractivity contribution in [2.45, 2.75) is 0 Å². The minimum atomic E-state index is -0.446. The fraction of sp³-hybridized carbons (Fsp3) is 0. The van der Waals surface area contributed by atoms with Gasteiger partial charge in [0.05, 0.1) is 0 Å².